The second kappa shape index (κ2) is 4.02. The summed E-state index contributed by atoms with van der Waals surface area (Å²) in [4.78, 5) is 4.02. The molecule has 1 atom stereocenters. The number of aromatic nitrogens is 1. The maximum atomic E-state index is 9.92. The predicted molar refractivity (Wildman–Crippen MR) is 56.0 cm³/mol. The van der Waals surface area contributed by atoms with Gasteiger partial charge in [0, 0.05) is 25.0 Å². The summed E-state index contributed by atoms with van der Waals surface area (Å²) in [7, 11) is 0. The normalized spacial score (nSPS) is 26.7. The van der Waals surface area contributed by atoms with Gasteiger partial charge in [0.15, 0.2) is 5.13 Å². The first-order valence-electron chi connectivity index (χ1n) is 4.33. The van der Waals surface area contributed by atoms with Crippen LogP contribution in [0.1, 0.15) is 6.42 Å². The van der Waals surface area contributed by atoms with Gasteiger partial charge in [-0.3, -0.25) is 0 Å². The van der Waals surface area contributed by atoms with Crippen molar-refractivity contribution >= 4 is 28.1 Å². The van der Waals surface area contributed by atoms with Crippen LogP contribution in [0.2, 0.25) is 5.15 Å². The van der Waals surface area contributed by atoms with Gasteiger partial charge < -0.3 is 15.2 Å². The molecule has 2 heterocycles. The summed E-state index contributed by atoms with van der Waals surface area (Å²) in [5.74, 6) is 0. The van der Waals surface area contributed by atoms with E-state index in [1.807, 2.05) is 0 Å². The number of hydrogen-bond acceptors (Lipinski definition) is 5. The minimum absolute atomic E-state index is 0.388. The second-order valence-corrected chi connectivity index (χ2v) is 4.60. The highest BCUT2D eigenvalue weighted by atomic mass is 35.5. The molecule has 0 aromatic carbocycles. The van der Waals surface area contributed by atoms with E-state index in [2.05, 4.69) is 10.3 Å². The van der Waals surface area contributed by atoms with Gasteiger partial charge in [-0.1, -0.05) is 11.6 Å². The number of thiazole rings is 1. The fourth-order valence-corrected chi connectivity index (χ4v) is 2.15. The first-order valence-corrected chi connectivity index (χ1v) is 5.59. The number of ether oxygens (including phenoxy) is 1. The van der Waals surface area contributed by atoms with E-state index in [-0.39, 0.29) is 0 Å². The number of nitrogens with one attached hydrogen (secondary N) is 1. The minimum atomic E-state index is -0.752. The van der Waals surface area contributed by atoms with Crippen LogP contribution in [0.25, 0.3) is 0 Å². The van der Waals surface area contributed by atoms with E-state index < -0.39 is 5.60 Å². The highest BCUT2D eigenvalue weighted by Gasteiger charge is 2.32. The molecule has 14 heavy (non-hydrogen) atoms. The summed E-state index contributed by atoms with van der Waals surface area (Å²) >= 11 is 7.09. The predicted octanol–water partition coefficient (Wildman–Crippen LogP) is 1.36. The largest absolute Gasteiger partial charge is 0.386 e. The van der Waals surface area contributed by atoms with Gasteiger partial charge in [-0.2, -0.15) is 0 Å². The summed E-state index contributed by atoms with van der Waals surface area (Å²) in [6, 6.07) is 0. The van der Waals surface area contributed by atoms with E-state index in [0.717, 1.165) is 5.13 Å². The van der Waals surface area contributed by atoms with Crippen LogP contribution in [-0.4, -0.2) is 35.5 Å². The summed E-state index contributed by atoms with van der Waals surface area (Å²) in [5.41, 5.74) is -0.752. The lowest BCUT2D eigenvalue weighted by molar-refractivity contribution is 0.0382. The van der Waals surface area contributed by atoms with Gasteiger partial charge in [-0.15, -0.1) is 11.3 Å². The molecule has 0 spiro atoms. The molecule has 1 aliphatic heterocycles. The van der Waals surface area contributed by atoms with Crippen molar-refractivity contribution < 1.29 is 9.84 Å². The molecule has 0 radical (unpaired) electrons. The lowest BCUT2D eigenvalue weighted by Gasteiger charge is -2.20. The van der Waals surface area contributed by atoms with Crippen molar-refractivity contribution in [2.45, 2.75) is 12.0 Å². The molecule has 1 aromatic rings. The van der Waals surface area contributed by atoms with Crippen LogP contribution in [-0.2, 0) is 4.74 Å². The van der Waals surface area contributed by atoms with Crippen LogP contribution < -0.4 is 5.32 Å². The molecular weight excluding hydrogens is 224 g/mol. The summed E-state index contributed by atoms with van der Waals surface area (Å²) in [6.07, 6.45) is 0.666. The molecule has 2 rings (SSSR count). The van der Waals surface area contributed by atoms with E-state index >= 15 is 0 Å². The smallest absolute Gasteiger partial charge is 0.184 e. The Kier molecular flexibility index (Phi) is 2.92. The van der Waals surface area contributed by atoms with Crippen molar-refractivity contribution in [1.82, 2.24) is 4.98 Å². The zero-order valence-electron chi connectivity index (χ0n) is 7.49. The maximum Gasteiger partial charge on any atom is 0.184 e. The zero-order chi connectivity index (χ0) is 10.0. The Morgan fingerprint density at radius 3 is 3.21 bits per heavy atom. The summed E-state index contributed by atoms with van der Waals surface area (Å²) in [6.45, 7) is 1.47. The van der Waals surface area contributed by atoms with Crippen LogP contribution in [0, 0.1) is 0 Å². The molecule has 0 amide bonds. The highest BCUT2D eigenvalue weighted by Crippen LogP contribution is 2.22. The number of halogens is 1. The van der Waals surface area contributed by atoms with E-state index in [1.54, 1.807) is 5.38 Å². The first kappa shape index (κ1) is 10.2. The van der Waals surface area contributed by atoms with Crippen LogP contribution in [0.4, 0.5) is 5.13 Å². The molecule has 1 aliphatic rings. The maximum absolute atomic E-state index is 9.92. The molecule has 2 N–H and O–H groups in total. The Labute approximate surface area is 90.9 Å². The Balaban J connectivity index is 1.87. The molecule has 0 bridgehead atoms. The van der Waals surface area contributed by atoms with Gasteiger partial charge in [-0.05, 0) is 0 Å². The topological polar surface area (TPSA) is 54.4 Å². The standard InChI is InChI=1S/C8H11ClN2O2S/c9-6-3-14-7(11-6)10-4-8(12)1-2-13-5-8/h3,12H,1-2,4-5H2,(H,10,11). The average molecular weight is 235 g/mol. The van der Waals surface area contributed by atoms with E-state index in [9.17, 15) is 5.11 Å². The lowest BCUT2D eigenvalue weighted by Crippen LogP contribution is -2.37. The van der Waals surface area contributed by atoms with Gasteiger partial charge in [0.1, 0.15) is 10.8 Å². The molecule has 1 unspecified atom stereocenters. The fraction of sp³-hybridized carbons (Fsp3) is 0.625. The quantitative estimate of drug-likeness (QED) is 0.829. The number of nitrogens with zero attached hydrogens (tertiary/aromatic N) is 1. The third-order valence-corrected chi connectivity index (χ3v) is 3.25. The highest BCUT2D eigenvalue weighted by molar-refractivity contribution is 7.14. The molecule has 1 saturated heterocycles. The number of rotatable bonds is 3. The van der Waals surface area contributed by atoms with Crippen LogP contribution in [0.5, 0.6) is 0 Å². The van der Waals surface area contributed by atoms with Crippen LogP contribution in [0.3, 0.4) is 0 Å². The molecule has 1 fully saturated rings. The Morgan fingerprint density at radius 1 is 1.79 bits per heavy atom. The molecule has 4 nitrogen and oxygen atoms in total. The van der Waals surface area contributed by atoms with Crippen molar-refractivity contribution in [3.8, 4) is 0 Å². The van der Waals surface area contributed by atoms with Gasteiger partial charge >= 0.3 is 0 Å². The SMILES string of the molecule is OC1(CNc2nc(Cl)cs2)CCOC1. The Morgan fingerprint density at radius 2 is 2.64 bits per heavy atom. The molecule has 78 valence electrons. The Hall–Kier alpha value is -0.360. The molecule has 6 heteroatoms. The lowest BCUT2D eigenvalue weighted by atomic mass is 10.0. The van der Waals surface area contributed by atoms with Crippen LogP contribution >= 0.6 is 22.9 Å². The van der Waals surface area contributed by atoms with Crippen molar-refractivity contribution in [1.29, 1.82) is 0 Å². The van der Waals surface area contributed by atoms with E-state index in [4.69, 9.17) is 16.3 Å². The number of hydrogen-bond donors (Lipinski definition) is 2. The average Bonchev–Trinajstić information content (AvgIpc) is 2.73. The van der Waals surface area contributed by atoms with Crippen LogP contribution in [0.15, 0.2) is 5.38 Å². The third-order valence-electron chi connectivity index (χ3n) is 2.13. The molecular formula is C8H11ClN2O2S. The molecule has 1 aromatic heterocycles. The van der Waals surface area contributed by atoms with Gasteiger partial charge in [0.2, 0.25) is 0 Å². The fourth-order valence-electron chi connectivity index (χ4n) is 1.31. The Bertz CT molecular complexity index is 312. The van der Waals surface area contributed by atoms with Crippen molar-refractivity contribution in [2.24, 2.45) is 0 Å². The van der Waals surface area contributed by atoms with Crippen molar-refractivity contribution in [2.75, 3.05) is 25.1 Å². The third kappa shape index (κ3) is 2.36. The van der Waals surface area contributed by atoms with Gasteiger partial charge in [0.05, 0.1) is 6.61 Å². The number of anilines is 1. The van der Waals surface area contributed by atoms with Crippen molar-refractivity contribution in [3.05, 3.63) is 10.5 Å². The second-order valence-electron chi connectivity index (χ2n) is 3.36. The summed E-state index contributed by atoms with van der Waals surface area (Å²) in [5, 5.41) is 15.9. The monoisotopic (exact) mass is 234 g/mol. The van der Waals surface area contributed by atoms with Crippen molar-refractivity contribution in [3.63, 3.8) is 0 Å². The minimum Gasteiger partial charge on any atom is -0.386 e. The van der Waals surface area contributed by atoms with E-state index in [1.165, 1.54) is 11.3 Å². The first-order chi connectivity index (χ1) is 6.68. The molecule has 0 aliphatic carbocycles. The zero-order valence-corrected chi connectivity index (χ0v) is 9.07. The number of aliphatic hydroxyl groups is 1. The van der Waals surface area contributed by atoms with Gasteiger partial charge in [-0.25, -0.2) is 4.98 Å². The van der Waals surface area contributed by atoms with Gasteiger partial charge in [0.25, 0.3) is 0 Å². The van der Waals surface area contributed by atoms with E-state index in [0.29, 0.717) is 31.3 Å². The summed E-state index contributed by atoms with van der Waals surface area (Å²) < 4.78 is 5.12. The molecule has 0 saturated carbocycles.